The van der Waals surface area contributed by atoms with Gasteiger partial charge in [0.1, 0.15) is 10.8 Å². The number of halogens is 2. The minimum Gasteiger partial charge on any atom is -0.389 e. The van der Waals surface area contributed by atoms with Crippen molar-refractivity contribution < 1.29 is 4.39 Å². The summed E-state index contributed by atoms with van der Waals surface area (Å²) in [6.07, 6.45) is 0. The van der Waals surface area contributed by atoms with Crippen molar-refractivity contribution in [2.45, 2.75) is 13.0 Å². The molecule has 0 aromatic heterocycles. The van der Waals surface area contributed by atoms with Gasteiger partial charge in [-0.15, -0.1) is 0 Å². The summed E-state index contributed by atoms with van der Waals surface area (Å²) in [7, 11) is 0. The molecule has 0 fully saturated rings. The summed E-state index contributed by atoms with van der Waals surface area (Å²) in [4.78, 5) is 0.207. The first kappa shape index (κ1) is 14.8. The molecule has 20 heavy (non-hydrogen) atoms. The normalized spacial score (nSPS) is 11.9. The van der Waals surface area contributed by atoms with Crippen LogP contribution in [-0.2, 0) is 0 Å². The van der Waals surface area contributed by atoms with Crippen molar-refractivity contribution in [2.24, 2.45) is 5.73 Å². The smallest absolute Gasteiger partial charge is 0.128 e. The van der Waals surface area contributed by atoms with E-state index in [0.717, 1.165) is 0 Å². The van der Waals surface area contributed by atoms with Crippen molar-refractivity contribution in [3.05, 3.63) is 64.4 Å². The Balaban J connectivity index is 2.33. The number of benzene rings is 2. The SMILES string of the molecule is CC(Nc1cccc(Cl)c1C(N)=S)c1ccccc1F. The predicted octanol–water partition coefficient (Wildman–Crippen LogP) is 4.29. The molecule has 1 atom stereocenters. The maximum Gasteiger partial charge on any atom is 0.128 e. The average molecular weight is 309 g/mol. The van der Waals surface area contributed by atoms with Crippen LogP contribution in [0.25, 0.3) is 0 Å². The van der Waals surface area contributed by atoms with E-state index in [1.807, 2.05) is 13.0 Å². The van der Waals surface area contributed by atoms with Gasteiger partial charge in [0.15, 0.2) is 0 Å². The van der Waals surface area contributed by atoms with Crippen LogP contribution in [-0.4, -0.2) is 4.99 Å². The van der Waals surface area contributed by atoms with Crippen LogP contribution >= 0.6 is 23.8 Å². The van der Waals surface area contributed by atoms with Gasteiger partial charge in [0, 0.05) is 11.3 Å². The largest absolute Gasteiger partial charge is 0.389 e. The molecule has 0 spiro atoms. The third-order valence-corrected chi connectivity index (χ3v) is 3.52. The molecule has 0 saturated carbocycles. The van der Waals surface area contributed by atoms with E-state index in [-0.39, 0.29) is 16.8 Å². The third-order valence-electron chi connectivity index (χ3n) is 3.00. The molecule has 0 aliphatic rings. The van der Waals surface area contributed by atoms with Crippen LogP contribution < -0.4 is 11.1 Å². The molecule has 1 unspecified atom stereocenters. The number of hydrogen-bond donors (Lipinski definition) is 2. The Morgan fingerprint density at radius 3 is 2.60 bits per heavy atom. The van der Waals surface area contributed by atoms with Gasteiger partial charge in [-0.05, 0) is 25.1 Å². The monoisotopic (exact) mass is 308 g/mol. The molecule has 5 heteroatoms. The first-order valence-corrected chi connectivity index (χ1v) is 6.88. The number of thiocarbonyl (C=S) groups is 1. The number of anilines is 1. The van der Waals surface area contributed by atoms with Gasteiger partial charge in [-0.2, -0.15) is 0 Å². The van der Waals surface area contributed by atoms with Crippen molar-refractivity contribution in [2.75, 3.05) is 5.32 Å². The Bertz CT molecular complexity index is 646. The summed E-state index contributed by atoms with van der Waals surface area (Å²) in [5, 5.41) is 3.67. The zero-order valence-electron chi connectivity index (χ0n) is 10.9. The lowest BCUT2D eigenvalue weighted by Gasteiger charge is -2.19. The second kappa shape index (κ2) is 6.20. The Morgan fingerprint density at radius 1 is 1.25 bits per heavy atom. The van der Waals surface area contributed by atoms with Gasteiger partial charge >= 0.3 is 0 Å². The molecule has 0 aliphatic carbocycles. The molecule has 0 amide bonds. The average Bonchev–Trinajstić information content (AvgIpc) is 2.38. The van der Waals surface area contributed by atoms with Crippen LogP contribution in [0.2, 0.25) is 5.02 Å². The maximum absolute atomic E-state index is 13.8. The Morgan fingerprint density at radius 2 is 1.95 bits per heavy atom. The van der Waals surface area contributed by atoms with E-state index in [1.165, 1.54) is 6.07 Å². The van der Waals surface area contributed by atoms with E-state index in [9.17, 15) is 4.39 Å². The van der Waals surface area contributed by atoms with Crippen LogP contribution in [0, 0.1) is 5.82 Å². The van der Waals surface area contributed by atoms with Crippen LogP contribution in [0.1, 0.15) is 24.1 Å². The molecule has 3 N–H and O–H groups in total. The standard InChI is InChI=1S/C15H14ClFN2S/c1-9(10-5-2-3-7-12(10)17)19-13-8-4-6-11(16)14(13)15(18)20/h2-9,19H,1H3,(H2,18,20). The van der Waals surface area contributed by atoms with Crippen LogP contribution in [0.4, 0.5) is 10.1 Å². The summed E-state index contributed by atoms with van der Waals surface area (Å²) in [6.45, 7) is 1.86. The van der Waals surface area contributed by atoms with Gasteiger partial charge in [0.25, 0.3) is 0 Å². The van der Waals surface area contributed by atoms with E-state index in [4.69, 9.17) is 29.6 Å². The first-order valence-electron chi connectivity index (χ1n) is 6.10. The quantitative estimate of drug-likeness (QED) is 0.828. The van der Waals surface area contributed by atoms with Crippen molar-refractivity contribution >= 4 is 34.5 Å². The van der Waals surface area contributed by atoms with Crippen LogP contribution in [0.5, 0.6) is 0 Å². The highest BCUT2D eigenvalue weighted by Gasteiger charge is 2.14. The second-order valence-electron chi connectivity index (χ2n) is 4.41. The topological polar surface area (TPSA) is 38.0 Å². The highest BCUT2D eigenvalue weighted by Crippen LogP contribution is 2.28. The Kier molecular flexibility index (Phi) is 4.57. The number of nitrogens with two attached hydrogens (primary N) is 1. The molecule has 2 rings (SSSR count). The highest BCUT2D eigenvalue weighted by atomic mass is 35.5. The molecule has 2 aromatic rings. The zero-order chi connectivity index (χ0) is 14.7. The molecule has 0 aliphatic heterocycles. The third kappa shape index (κ3) is 3.08. The minimum atomic E-state index is -0.258. The Hall–Kier alpha value is -1.65. The molecule has 104 valence electrons. The van der Waals surface area contributed by atoms with Crippen molar-refractivity contribution in [1.29, 1.82) is 0 Å². The Labute approximate surface area is 127 Å². The van der Waals surface area contributed by atoms with Crippen molar-refractivity contribution in [1.82, 2.24) is 0 Å². The molecule has 0 radical (unpaired) electrons. The number of hydrogen-bond acceptors (Lipinski definition) is 2. The van der Waals surface area contributed by atoms with Crippen molar-refractivity contribution in [3.63, 3.8) is 0 Å². The van der Waals surface area contributed by atoms with E-state index in [1.54, 1.807) is 30.3 Å². The first-order chi connectivity index (χ1) is 9.50. The van der Waals surface area contributed by atoms with Crippen LogP contribution in [0.15, 0.2) is 42.5 Å². The minimum absolute atomic E-state index is 0.207. The summed E-state index contributed by atoms with van der Waals surface area (Å²) in [6, 6.07) is 11.7. The molecule has 2 aromatic carbocycles. The predicted molar refractivity (Wildman–Crippen MR) is 85.8 cm³/mol. The fraction of sp³-hybridized carbons (Fsp3) is 0.133. The van der Waals surface area contributed by atoms with Gasteiger partial charge in [0.2, 0.25) is 0 Å². The molecule has 0 bridgehead atoms. The molecule has 0 saturated heterocycles. The number of rotatable bonds is 4. The van der Waals surface area contributed by atoms with Gasteiger partial charge < -0.3 is 11.1 Å². The lowest BCUT2D eigenvalue weighted by atomic mass is 10.1. The second-order valence-corrected chi connectivity index (χ2v) is 5.26. The fourth-order valence-electron chi connectivity index (χ4n) is 2.03. The van der Waals surface area contributed by atoms with E-state index in [2.05, 4.69) is 5.32 Å². The van der Waals surface area contributed by atoms with E-state index < -0.39 is 0 Å². The van der Waals surface area contributed by atoms with Gasteiger partial charge in [-0.25, -0.2) is 4.39 Å². The number of nitrogens with one attached hydrogen (secondary N) is 1. The summed E-state index contributed by atoms with van der Waals surface area (Å²) in [5.74, 6) is -0.258. The van der Waals surface area contributed by atoms with Gasteiger partial charge in [-0.3, -0.25) is 0 Å². The zero-order valence-corrected chi connectivity index (χ0v) is 12.4. The molecule has 2 nitrogen and oxygen atoms in total. The summed E-state index contributed by atoms with van der Waals surface area (Å²) in [5.41, 5.74) is 7.53. The fourth-order valence-corrected chi connectivity index (χ4v) is 2.58. The molecular formula is C15H14ClFN2S. The molecular weight excluding hydrogens is 295 g/mol. The van der Waals surface area contributed by atoms with Crippen molar-refractivity contribution in [3.8, 4) is 0 Å². The molecule has 0 heterocycles. The highest BCUT2D eigenvalue weighted by molar-refractivity contribution is 7.80. The summed E-state index contributed by atoms with van der Waals surface area (Å²) < 4.78 is 13.8. The van der Waals surface area contributed by atoms with E-state index >= 15 is 0 Å². The van der Waals surface area contributed by atoms with E-state index in [0.29, 0.717) is 21.8 Å². The van der Waals surface area contributed by atoms with Crippen LogP contribution in [0.3, 0.4) is 0 Å². The summed E-state index contributed by atoms with van der Waals surface area (Å²) >= 11 is 11.1. The lowest BCUT2D eigenvalue weighted by molar-refractivity contribution is 0.600. The maximum atomic E-state index is 13.8. The van der Waals surface area contributed by atoms with Gasteiger partial charge in [0.05, 0.1) is 16.6 Å². The lowest BCUT2D eigenvalue weighted by Crippen LogP contribution is -2.16. The van der Waals surface area contributed by atoms with Gasteiger partial charge in [-0.1, -0.05) is 48.1 Å².